The standard InChI is InChI=1S/C34H51Cl2N9O8S2/c1-7-13-54-31-39-27(35)21(29(41-31)37-17-15-19(48-11-9-46)25-23(17)50-33(3,4)52-25)43-45-44-22-28(36)40-32(55-14-8-2)42-30(22)38-18-16-20(49-12-10-47)26-24(18)51-34(5,6)53-26/h17-20,23-26,46-47H,7-16H2,1-6H3,(H,43,44)(H,37,39,41)(H,38,40,42)/t17-,18-,19+,20+,23+,24+,25-,26-/m1/s1. The molecule has 4 aliphatic rings. The first-order chi connectivity index (χ1) is 26.3. The normalized spacial score (nSPS) is 29.2. The molecular weight excluding hydrogens is 797 g/mol. The Balaban J connectivity index is 1.28. The van der Waals surface area contributed by atoms with Crippen LogP contribution in [0.4, 0.5) is 23.0 Å². The summed E-state index contributed by atoms with van der Waals surface area (Å²) in [7, 11) is 0. The second-order valence-electron chi connectivity index (χ2n) is 14.4. The second-order valence-corrected chi connectivity index (χ2v) is 17.2. The minimum Gasteiger partial charge on any atom is -0.394 e. The number of aliphatic hydroxyl groups excluding tert-OH is 2. The Hall–Kier alpha value is -1.88. The number of nitrogens with one attached hydrogen (secondary N) is 3. The van der Waals surface area contributed by atoms with Crippen LogP contribution in [-0.4, -0.2) is 128 Å². The summed E-state index contributed by atoms with van der Waals surface area (Å²) in [4.78, 5) is 18.6. The van der Waals surface area contributed by atoms with Crippen molar-refractivity contribution in [2.45, 2.75) is 138 Å². The van der Waals surface area contributed by atoms with Gasteiger partial charge in [-0.05, 0) is 53.4 Å². The van der Waals surface area contributed by atoms with Crippen LogP contribution in [0.3, 0.4) is 0 Å². The van der Waals surface area contributed by atoms with Crippen molar-refractivity contribution in [2.75, 3.05) is 54.0 Å². The van der Waals surface area contributed by atoms with Gasteiger partial charge in [-0.15, -0.1) is 5.11 Å². The highest BCUT2D eigenvalue weighted by atomic mass is 35.5. The molecule has 0 aromatic carbocycles. The van der Waals surface area contributed by atoms with Gasteiger partial charge in [0.1, 0.15) is 30.1 Å². The van der Waals surface area contributed by atoms with Crippen molar-refractivity contribution < 1.29 is 38.6 Å². The SMILES string of the molecule is CCCSc1nc(Cl)c(N=NNc2c(Cl)nc(SCCC)nc2N[C@@H]2C[C@H](OCCO)[C@H]3OC(C)(C)O[C@H]32)c(N[C@@H]2C[C@H](OCCO)[C@H]3OC(C)(C)O[C@H]32)n1. The van der Waals surface area contributed by atoms with Gasteiger partial charge in [-0.3, -0.25) is 5.43 Å². The molecule has 2 saturated carbocycles. The summed E-state index contributed by atoms with van der Waals surface area (Å²) in [6.07, 6.45) is 0.787. The molecule has 17 nitrogen and oxygen atoms in total. The van der Waals surface area contributed by atoms with Crippen LogP contribution >= 0.6 is 46.7 Å². The van der Waals surface area contributed by atoms with Crippen LogP contribution in [0.15, 0.2) is 20.7 Å². The number of halogens is 2. The van der Waals surface area contributed by atoms with Crippen molar-refractivity contribution in [1.82, 2.24) is 19.9 Å². The van der Waals surface area contributed by atoms with E-state index in [1.807, 2.05) is 27.7 Å². The van der Waals surface area contributed by atoms with E-state index in [2.05, 4.69) is 50.2 Å². The smallest absolute Gasteiger partial charge is 0.191 e. The van der Waals surface area contributed by atoms with Crippen molar-refractivity contribution in [2.24, 2.45) is 10.3 Å². The van der Waals surface area contributed by atoms with E-state index in [0.717, 1.165) is 24.3 Å². The number of anilines is 3. The molecule has 2 aliphatic carbocycles. The first-order valence-electron chi connectivity index (χ1n) is 18.6. The molecule has 2 aliphatic heterocycles. The van der Waals surface area contributed by atoms with Crippen LogP contribution in [0.25, 0.3) is 0 Å². The summed E-state index contributed by atoms with van der Waals surface area (Å²) in [5, 5.41) is 35.8. The van der Waals surface area contributed by atoms with Crippen LogP contribution in [0.5, 0.6) is 0 Å². The van der Waals surface area contributed by atoms with Crippen molar-refractivity contribution in [3.8, 4) is 0 Å². The van der Waals surface area contributed by atoms with E-state index >= 15 is 0 Å². The quantitative estimate of drug-likeness (QED) is 0.0369. The number of rotatable bonds is 19. The first kappa shape index (κ1) is 42.7. The molecule has 2 aromatic rings. The molecule has 0 amide bonds. The molecule has 0 unspecified atom stereocenters. The van der Waals surface area contributed by atoms with Gasteiger partial charge >= 0.3 is 0 Å². The predicted molar refractivity (Wildman–Crippen MR) is 210 cm³/mol. The molecule has 306 valence electrons. The molecule has 4 heterocycles. The van der Waals surface area contributed by atoms with Gasteiger partial charge in [-0.25, -0.2) is 19.9 Å². The van der Waals surface area contributed by atoms with Crippen LogP contribution in [0, 0.1) is 0 Å². The fourth-order valence-corrected chi connectivity index (χ4v) is 9.01. The van der Waals surface area contributed by atoms with Gasteiger partial charge in [-0.1, -0.05) is 65.8 Å². The van der Waals surface area contributed by atoms with Crippen LogP contribution in [0.1, 0.15) is 67.2 Å². The fourth-order valence-electron chi connectivity index (χ4n) is 7.09. The van der Waals surface area contributed by atoms with Gasteiger partial charge in [0, 0.05) is 11.5 Å². The third-order valence-electron chi connectivity index (χ3n) is 9.16. The third kappa shape index (κ3) is 10.4. The number of hydrogen-bond acceptors (Lipinski definition) is 18. The maximum atomic E-state index is 9.43. The number of thioether (sulfide) groups is 2. The van der Waals surface area contributed by atoms with E-state index in [-0.39, 0.29) is 96.8 Å². The zero-order valence-corrected chi connectivity index (χ0v) is 34.9. The maximum absolute atomic E-state index is 9.43. The number of hydrogen-bond donors (Lipinski definition) is 5. The minimum absolute atomic E-state index is 0.0899. The predicted octanol–water partition coefficient (Wildman–Crippen LogP) is 5.85. The number of ether oxygens (including phenoxy) is 6. The molecule has 55 heavy (non-hydrogen) atoms. The molecule has 2 saturated heterocycles. The lowest BCUT2D eigenvalue weighted by atomic mass is 10.2. The Labute approximate surface area is 339 Å². The monoisotopic (exact) mass is 847 g/mol. The Bertz CT molecular complexity index is 1650. The highest BCUT2D eigenvalue weighted by Crippen LogP contribution is 2.44. The molecule has 21 heteroatoms. The van der Waals surface area contributed by atoms with Gasteiger partial charge in [-0.2, -0.15) is 0 Å². The van der Waals surface area contributed by atoms with Crippen molar-refractivity contribution in [1.29, 1.82) is 0 Å². The lowest BCUT2D eigenvalue weighted by molar-refractivity contribution is -0.168. The van der Waals surface area contributed by atoms with E-state index < -0.39 is 11.6 Å². The molecule has 4 fully saturated rings. The summed E-state index contributed by atoms with van der Waals surface area (Å²) in [6.45, 7) is 11.7. The third-order valence-corrected chi connectivity index (χ3v) is 11.8. The molecule has 0 bridgehead atoms. The summed E-state index contributed by atoms with van der Waals surface area (Å²) < 4.78 is 36.9. The molecular formula is C34H51Cl2N9O8S2. The summed E-state index contributed by atoms with van der Waals surface area (Å²) in [5.41, 5.74) is 3.41. The highest BCUT2D eigenvalue weighted by Gasteiger charge is 2.56. The molecule has 5 N–H and O–H groups in total. The number of nitrogens with zero attached hydrogens (tertiary/aromatic N) is 6. The van der Waals surface area contributed by atoms with Crippen LogP contribution in [-0.2, 0) is 28.4 Å². The van der Waals surface area contributed by atoms with E-state index in [0.29, 0.717) is 34.8 Å². The summed E-state index contributed by atoms with van der Waals surface area (Å²) in [6, 6.07) is -0.590. The van der Waals surface area contributed by atoms with Crippen molar-refractivity contribution >= 4 is 69.7 Å². The average Bonchev–Trinajstić information content (AvgIpc) is 3.82. The number of aliphatic hydroxyl groups is 2. The van der Waals surface area contributed by atoms with E-state index in [4.69, 9.17) is 61.6 Å². The van der Waals surface area contributed by atoms with Crippen molar-refractivity contribution in [3.63, 3.8) is 0 Å². The maximum Gasteiger partial charge on any atom is 0.191 e. The second kappa shape index (κ2) is 18.8. The average molecular weight is 849 g/mol. The minimum atomic E-state index is -0.827. The zero-order valence-electron chi connectivity index (χ0n) is 31.8. The molecule has 8 atom stereocenters. The lowest BCUT2D eigenvalue weighted by Gasteiger charge is -2.25. The topological polar surface area (TPSA) is 208 Å². The number of aromatic nitrogens is 4. The molecule has 2 aromatic heterocycles. The zero-order chi connectivity index (χ0) is 39.3. The van der Waals surface area contributed by atoms with Gasteiger partial charge in [0.05, 0.1) is 50.7 Å². The Morgan fingerprint density at radius 3 is 1.71 bits per heavy atom. The first-order valence-corrected chi connectivity index (χ1v) is 21.3. The molecule has 0 spiro atoms. The Kier molecular flexibility index (Phi) is 14.6. The number of fused-ring (bicyclic) bond motifs is 2. The Morgan fingerprint density at radius 2 is 1.20 bits per heavy atom. The van der Waals surface area contributed by atoms with Gasteiger partial charge in [0.15, 0.2) is 49.5 Å². The lowest BCUT2D eigenvalue weighted by Crippen LogP contribution is -2.35. The van der Waals surface area contributed by atoms with Crippen LogP contribution < -0.4 is 16.1 Å². The van der Waals surface area contributed by atoms with E-state index in [1.54, 1.807) is 0 Å². The van der Waals surface area contributed by atoms with Gasteiger partial charge < -0.3 is 49.3 Å². The summed E-state index contributed by atoms with van der Waals surface area (Å²) in [5.74, 6) is 0.673. The Morgan fingerprint density at radius 1 is 0.727 bits per heavy atom. The van der Waals surface area contributed by atoms with Gasteiger partial charge in [0.2, 0.25) is 0 Å². The van der Waals surface area contributed by atoms with Crippen LogP contribution in [0.2, 0.25) is 10.3 Å². The van der Waals surface area contributed by atoms with Gasteiger partial charge in [0.25, 0.3) is 0 Å². The van der Waals surface area contributed by atoms with Crippen molar-refractivity contribution in [3.05, 3.63) is 10.3 Å². The highest BCUT2D eigenvalue weighted by molar-refractivity contribution is 7.99. The largest absolute Gasteiger partial charge is 0.394 e. The molecule has 0 radical (unpaired) electrons. The molecule has 6 rings (SSSR count). The van der Waals surface area contributed by atoms with E-state index in [1.165, 1.54) is 23.5 Å². The fraction of sp³-hybridized carbons (Fsp3) is 0.765. The summed E-state index contributed by atoms with van der Waals surface area (Å²) >= 11 is 16.6. The van der Waals surface area contributed by atoms with E-state index in [9.17, 15) is 10.2 Å².